The molecule has 31 heavy (non-hydrogen) atoms. The number of nitrogens with one attached hydrogen (secondary N) is 2. The Balaban J connectivity index is 2.30. The largest absolute Gasteiger partial charge is 0.497 e. The molecule has 0 aliphatic heterocycles. The van der Waals surface area contributed by atoms with Gasteiger partial charge < -0.3 is 14.8 Å². The van der Waals surface area contributed by atoms with Crippen LogP contribution in [0.4, 0.5) is 13.2 Å². The molecule has 0 aliphatic carbocycles. The number of ether oxygens (including phenoxy) is 2. The molecule has 2 aromatic carbocycles. The summed E-state index contributed by atoms with van der Waals surface area (Å²) in [5.74, 6) is -2.24. The lowest BCUT2D eigenvalue weighted by molar-refractivity contribution is -0.218. The van der Waals surface area contributed by atoms with Gasteiger partial charge in [0.25, 0.3) is 11.6 Å². The van der Waals surface area contributed by atoms with E-state index in [1.54, 1.807) is 29.6 Å². The summed E-state index contributed by atoms with van der Waals surface area (Å²) in [6, 6.07) is 12.3. The second-order valence-electron chi connectivity index (χ2n) is 6.43. The highest BCUT2D eigenvalue weighted by atomic mass is 35.5. The standard InChI is InChI=1S/C21H22ClF3N2O4/c1-3-31-19(29)20(21(23,24)25,27-18(28)16-6-4-5-7-17(16)22)26-13-12-14-8-10-15(30-2)11-9-14/h4-11,26H,3,12-13H2,1-2H3,(H,27,28)/t20-/m1/s1. The van der Waals surface area contributed by atoms with Gasteiger partial charge in [0.15, 0.2) is 0 Å². The number of alkyl halides is 3. The Morgan fingerprint density at radius 3 is 2.26 bits per heavy atom. The maximum absolute atomic E-state index is 14.1. The van der Waals surface area contributed by atoms with Gasteiger partial charge in [-0.05, 0) is 43.2 Å². The first-order valence-corrected chi connectivity index (χ1v) is 9.71. The van der Waals surface area contributed by atoms with Gasteiger partial charge in [-0.15, -0.1) is 0 Å². The molecule has 0 radical (unpaired) electrons. The summed E-state index contributed by atoms with van der Waals surface area (Å²) in [6.07, 6.45) is -5.06. The molecule has 1 amide bonds. The fraction of sp³-hybridized carbons (Fsp3) is 0.333. The van der Waals surface area contributed by atoms with Gasteiger partial charge in [-0.2, -0.15) is 13.2 Å². The molecule has 168 valence electrons. The van der Waals surface area contributed by atoms with E-state index in [1.165, 1.54) is 38.3 Å². The van der Waals surface area contributed by atoms with Crippen LogP contribution in [-0.4, -0.2) is 44.0 Å². The number of hydrogen-bond acceptors (Lipinski definition) is 5. The van der Waals surface area contributed by atoms with Crippen LogP contribution in [0, 0.1) is 0 Å². The molecule has 0 aliphatic rings. The summed E-state index contributed by atoms with van der Waals surface area (Å²) in [4.78, 5) is 25.0. The molecule has 0 heterocycles. The lowest BCUT2D eigenvalue weighted by atomic mass is 10.1. The van der Waals surface area contributed by atoms with Crippen molar-refractivity contribution in [3.05, 3.63) is 64.7 Å². The monoisotopic (exact) mass is 458 g/mol. The Bertz CT molecular complexity index is 906. The van der Waals surface area contributed by atoms with Crippen LogP contribution in [0.15, 0.2) is 48.5 Å². The zero-order valence-corrected chi connectivity index (χ0v) is 17.6. The van der Waals surface area contributed by atoms with Crippen molar-refractivity contribution in [2.45, 2.75) is 25.2 Å². The van der Waals surface area contributed by atoms with E-state index < -0.39 is 23.7 Å². The average molecular weight is 459 g/mol. The Labute approximate surface area is 182 Å². The van der Waals surface area contributed by atoms with E-state index in [4.69, 9.17) is 16.3 Å². The highest BCUT2D eigenvalue weighted by molar-refractivity contribution is 6.33. The van der Waals surface area contributed by atoms with Gasteiger partial charge in [0.1, 0.15) is 5.75 Å². The van der Waals surface area contributed by atoms with Crippen molar-refractivity contribution >= 4 is 23.5 Å². The molecule has 0 unspecified atom stereocenters. The SMILES string of the molecule is CCOC(=O)[C@@](NCCc1ccc(OC)cc1)(NC(=O)c1ccccc1Cl)C(F)(F)F. The number of amides is 1. The van der Waals surface area contributed by atoms with Crippen molar-refractivity contribution in [3.63, 3.8) is 0 Å². The zero-order chi connectivity index (χ0) is 23.1. The molecule has 6 nitrogen and oxygen atoms in total. The molecule has 0 saturated heterocycles. The molecule has 1 atom stereocenters. The van der Waals surface area contributed by atoms with Crippen LogP contribution in [0.3, 0.4) is 0 Å². The number of esters is 1. The quantitative estimate of drug-likeness (QED) is 0.442. The molecular weight excluding hydrogens is 437 g/mol. The normalized spacial score (nSPS) is 13.2. The molecule has 2 rings (SSSR count). The first-order valence-electron chi connectivity index (χ1n) is 9.33. The summed E-state index contributed by atoms with van der Waals surface area (Å²) < 4.78 is 52.1. The summed E-state index contributed by atoms with van der Waals surface area (Å²) >= 11 is 5.92. The molecule has 0 aromatic heterocycles. The maximum Gasteiger partial charge on any atom is 0.436 e. The fourth-order valence-electron chi connectivity index (χ4n) is 2.76. The number of carbonyl (C=O) groups excluding carboxylic acids is 2. The lowest BCUT2D eigenvalue weighted by Crippen LogP contribution is -2.73. The molecule has 2 N–H and O–H groups in total. The van der Waals surface area contributed by atoms with E-state index in [9.17, 15) is 22.8 Å². The number of benzene rings is 2. The van der Waals surface area contributed by atoms with Crippen LogP contribution >= 0.6 is 11.6 Å². The zero-order valence-electron chi connectivity index (χ0n) is 16.9. The van der Waals surface area contributed by atoms with E-state index in [0.29, 0.717) is 11.3 Å². The van der Waals surface area contributed by atoms with Gasteiger partial charge in [0, 0.05) is 6.54 Å². The number of rotatable bonds is 9. The van der Waals surface area contributed by atoms with Crippen LogP contribution in [0.1, 0.15) is 22.8 Å². The Hall–Kier alpha value is -2.78. The molecule has 0 fully saturated rings. The van der Waals surface area contributed by atoms with Crippen molar-refractivity contribution in [2.75, 3.05) is 20.3 Å². The summed E-state index contributed by atoms with van der Waals surface area (Å²) in [6.45, 7) is 0.776. The van der Waals surface area contributed by atoms with Gasteiger partial charge in [-0.25, -0.2) is 4.79 Å². The molecule has 0 spiro atoms. The van der Waals surface area contributed by atoms with Crippen molar-refractivity contribution in [1.29, 1.82) is 0 Å². The number of carbonyl (C=O) groups is 2. The third-order valence-corrected chi connectivity index (χ3v) is 4.72. The van der Waals surface area contributed by atoms with E-state index in [-0.39, 0.29) is 30.2 Å². The molecule has 2 aromatic rings. The van der Waals surface area contributed by atoms with Gasteiger partial charge >= 0.3 is 12.1 Å². The third kappa shape index (κ3) is 5.89. The fourth-order valence-corrected chi connectivity index (χ4v) is 2.98. The van der Waals surface area contributed by atoms with Crippen molar-refractivity contribution in [2.24, 2.45) is 0 Å². The molecule has 0 saturated carbocycles. The van der Waals surface area contributed by atoms with E-state index in [0.717, 1.165) is 0 Å². The highest BCUT2D eigenvalue weighted by Gasteiger charge is 2.63. The second-order valence-corrected chi connectivity index (χ2v) is 6.83. The summed E-state index contributed by atoms with van der Waals surface area (Å²) in [5, 5.41) is 3.85. The topological polar surface area (TPSA) is 76.7 Å². The van der Waals surface area contributed by atoms with Crippen molar-refractivity contribution in [1.82, 2.24) is 10.6 Å². The molecular formula is C21H22ClF3N2O4. The maximum atomic E-state index is 14.1. The van der Waals surface area contributed by atoms with Crippen LogP contribution in [0.25, 0.3) is 0 Å². The van der Waals surface area contributed by atoms with Crippen LogP contribution in [0.2, 0.25) is 5.02 Å². The second kappa shape index (κ2) is 10.5. The third-order valence-electron chi connectivity index (χ3n) is 4.39. The van der Waals surface area contributed by atoms with E-state index in [2.05, 4.69) is 10.1 Å². The average Bonchev–Trinajstić information content (AvgIpc) is 2.73. The Morgan fingerprint density at radius 1 is 1.06 bits per heavy atom. The summed E-state index contributed by atoms with van der Waals surface area (Å²) in [7, 11) is 1.50. The predicted octanol–water partition coefficient (Wildman–Crippen LogP) is 3.73. The highest BCUT2D eigenvalue weighted by Crippen LogP contribution is 2.31. The Morgan fingerprint density at radius 2 is 1.71 bits per heavy atom. The minimum Gasteiger partial charge on any atom is -0.497 e. The lowest BCUT2D eigenvalue weighted by Gasteiger charge is -2.35. The number of hydrogen-bond donors (Lipinski definition) is 2. The van der Waals surface area contributed by atoms with Crippen LogP contribution < -0.4 is 15.4 Å². The number of methoxy groups -OCH3 is 1. The van der Waals surface area contributed by atoms with Crippen molar-refractivity contribution in [3.8, 4) is 5.75 Å². The Kier molecular flexibility index (Phi) is 8.29. The number of halogens is 4. The minimum absolute atomic E-state index is 0.0573. The van der Waals surface area contributed by atoms with E-state index in [1.807, 2.05) is 0 Å². The molecule has 0 bridgehead atoms. The predicted molar refractivity (Wildman–Crippen MR) is 109 cm³/mol. The van der Waals surface area contributed by atoms with Gasteiger partial charge in [0.05, 0.1) is 24.3 Å². The summed E-state index contributed by atoms with van der Waals surface area (Å²) in [5.41, 5.74) is -2.96. The molecule has 10 heteroatoms. The van der Waals surface area contributed by atoms with Crippen LogP contribution in [-0.2, 0) is 16.0 Å². The van der Waals surface area contributed by atoms with Gasteiger partial charge in [-0.1, -0.05) is 35.9 Å². The van der Waals surface area contributed by atoms with Crippen LogP contribution in [0.5, 0.6) is 5.75 Å². The first-order chi connectivity index (χ1) is 14.6. The van der Waals surface area contributed by atoms with Crippen molar-refractivity contribution < 1.29 is 32.2 Å². The van der Waals surface area contributed by atoms with Gasteiger partial charge in [-0.3, -0.25) is 10.1 Å². The smallest absolute Gasteiger partial charge is 0.436 e. The van der Waals surface area contributed by atoms with Gasteiger partial charge in [0.2, 0.25) is 0 Å². The first kappa shape index (κ1) is 24.5. The minimum atomic E-state index is -5.20. The van der Waals surface area contributed by atoms with E-state index >= 15 is 0 Å².